The van der Waals surface area contributed by atoms with Crippen molar-refractivity contribution in [3.63, 3.8) is 0 Å². The number of rotatable bonds is 6. The Balaban J connectivity index is 2.07. The molecule has 0 unspecified atom stereocenters. The lowest BCUT2D eigenvalue weighted by molar-refractivity contribution is -0.137. The first-order valence-electron chi connectivity index (χ1n) is 8.37. The number of carbonyl (C=O) groups is 1. The van der Waals surface area contributed by atoms with Gasteiger partial charge in [0.2, 0.25) is 0 Å². The number of alkyl halides is 3. The number of nitrogens with one attached hydrogen (secondary N) is 1. The lowest BCUT2D eigenvalue weighted by Crippen LogP contribution is -2.15. The average molecular weight is 437 g/mol. The molecule has 0 aromatic heterocycles. The Labute approximate surface area is 169 Å². The number of ether oxygens (including phenoxy) is 1. The maximum Gasteiger partial charge on any atom is 0.416 e. The van der Waals surface area contributed by atoms with Crippen molar-refractivity contribution in [2.45, 2.75) is 11.1 Å². The molecule has 0 heterocycles. The van der Waals surface area contributed by atoms with Crippen LogP contribution >= 0.6 is 0 Å². The van der Waals surface area contributed by atoms with Crippen LogP contribution < -0.4 is 9.46 Å². The summed E-state index contributed by atoms with van der Waals surface area (Å²) in [5, 5.41) is 9.26. The van der Waals surface area contributed by atoms with E-state index in [1.807, 2.05) is 0 Å². The van der Waals surface area contributed by atoms with Crippen molar-refractivity contribution in [1.29, 1.82) is 0 Å². The molecule has 0 atom stereocenters. The fourth-order valence-electron chi connectivity index (χ4n) is 2.53. The molecule has 0 bridgehead atoms. The van der Waals surface area contributed by atoms with E-state index in [0.717, 1.165) is 6.07 Å². The molecular weight excluding hydrogens is 423 g/mol. The Morgan fingerprint density at radius 3 is 2.17 bits per heavy atom. The quantitative estimate of drug-likeness (QED) is 0.566. The van der Waals surface area contributed by atoms with Crippen molar-refractivity contribution >= 4 is 21.7 Å². The predicted octanol–water partition coefficient (Wildman–Crippen LogP) is 5.00. The number of halogens is 3. The Bertz CT molecular complexity index is 1180. The highest BCUT2D eigenvalue weighted by atomic mass is 32.2. The van der Waals surface area contributed by atoms with Crippen LogP contribution in [0.1, 0.15) is 15.9 Å². The number of benzene rings is 3. The molecule has 0 spiro atoms. The number of para-hydroxylation sites is 1. The highest BCUT2D eigenvalue weighted by molar-refractivity contribution is 7.92. The van der Waals surface area contributed by atoms with E-state index in [4.69, 9.17) is 4.74 Å². The van der Waals surface area contributed by atoms with E-state index in [2.05, 4.69) is 4.72 Å². The zero-order valence-corrected chi connectivity index (χ0v) is 15.9. The van der Waals surface area contributed by atoms with Gasteiger partial charge in [0, 0.05) is 0 Å². The van der Waals surface area contributed by atoms with Crippen molar-refractivity contribution in [3.8, 4) is 11.5 Å². The van der Waals surface area contributed by atoms with Crippen molar-refractivity contribution in [2.24, 2.45) is 0 Å². The van der Waals surface area contributed by atoms with Crippen LogP contribution in [-0.4, -0.2) is 19.5 Å². The summed E-state index contributed by atoms with van der Waals surface area (Å²) < 4.78 is 72.2. The van der Waals surface area contributed by atoms with Crippen LogP contribution in [0.4, 0.5) is 18.9 Å². The molecule has 3 aromatic rings. The van der Waals surface area contributed by atoms with Gasteiger partial charge in [-0.3, -0.25) is 4.72 Å². The molecule has 10 heteroatoms. The van der Waals surface area contributed by atoms with Crippen molar-refractivity contribution < 1.29 is 36.2 Å². The van der Waals surface area contributed by atoms with Gasteiger partial charge in [-0.1, -0.05) is 30.3 Å². The second-order valence-electron chi connectivity index (χ2n) is 6.03. The summed E-state index contributed by atoms with van der Waals surface area (Å²) in [5.41, 5.74) is -1.84. The van der Waals surface area contributed by atoms with E-state index < -0.39 is 33.4 Å². The van der Waals surface area contributed by atoms with Gasteiger partial charge >= 0.3 is 12.1 Å². The molecule has 30 heavy (non-hydrogen) atoms. The third-order valence-corrected chi connectivity index (χ3v) is 5.32. The molecule has 0 aliphatic rings. The van der Waals surface area contributed by atoms with Crippen LogP contribution in [0.3, 0.4) is 0 Å². The van der Waals surface area contributed by atoms with Crippen LogP contribution in [0.5, 0.6) is 11.5 Å². The Morgan fingerprint density at radius 2 is 1.53 bits per heavy atom. The molecule has 0 aliphatic heterocycles. The molecule has 2 N–H and O–H groups in total. The Hall–Kier alpha value is -3.53. The van der Waals surface area contributed by atoms with Gasteiger partial charge < -0.3 is 9.84 Å². The summed E-state index contributed by atoms with van der Waals surface area (Å²) in [7, 11) is -4.23. The second-order valence-corrected chi connectivity index (χ2v) is 7.71. The van der Waals surface area contributed by atoms with E-state index in [0.29, 0.717) is 12.1 Å². The van der Waals surface area contributed by atoms with E-state index in [1.54, 1.807) is 6.07 Å². The number of aromatic carboxylic acids is 1. The molecule has 0 saturated carbocycles. The first-order valence-corrected chi connectivity index (χ1v) is 9.85. The topological polar surface area (TPSA) is 92.7 Å². The van der Waals surface area contributed by atoms with Crippen LogP contribution in [0.2, 0.25) is 0 Å². The summed E-state index contributed by atoms with van der Waals surface area (Å²) in [4.78, 5) is 11.2. The molecule has 0 fully saturated rings. The summed E-state index contributed by atoms with van der Waals surface area (Å²) >= 11 is 0. The lowest BCUT2D eigenvalue weighted by atomic mass is 10.1. The Morgan fingerprint density at radius 1 is 0.900 bits per heavy atom. The minimum absolute atomic E-state index is 0.162. The molecule has 0 saturated heterocycles. The average Bonchev–Trinajstić information content (AvgIpc) is 2.69. The summed E-state index contributed by atoms with van der Waals surface area (Å²) in [6.45, 7) is 0. The maximum absolute atomic E-state index is 13.2. The highest BCUT2D eigenvalue weighted by Gasteiger charge is 2.32. The van der Waals surface area contributed by atoms with E-state index in [-0.39, 0.29) is 22.0 Å². The van der Waals surface area contributed by atoms with Gasteiger partial charge in [-0.2, -0.15) is 13.2 Å². The molecule has 0 amide bonds. The molecule has 6 nitrogen and oxygen atoms in total. The summed E-state index contributed by atoms with van der Waals surface area (Å²) in [6, 6.07) is 14.7. The van der Waals surface area contributed by atoms with Gasteiger partial charge in [-0.15, -0.1) is 0 Å². The summed E-state index contributed by atoms with van der Waals surface area (Å²) in [5.74, 6) is -1.77. The second kappa shape index (κ2) is 8.07. The number of hydrogen-bond donors (Lipinski definition) is 2. The zero-order chi connectivity index (χ0) is 21.9. The van der Waals surface area contributed by atoms with E-state index >= 15 is 0 Å². The molecule has 3 aromatic carbocycles. The number of sulfonamides is 1. The number of hydrogen-bond acceptors (Lipinski definition) is 4. The van der Waals surface area contributed by atoms with Gasteiger partial charge in [0.25, 0.3) is 10.0 Å². The van der Waals surface area contributed by atoms with Crippen LogP contribution in [0.15, 0.2) is 77.7 Å². The fourth-order valence-corrected chi connectivity index (χ4v) is 3.61. The van der Waals surface area contributed by atoms with Gasteiger partial charge in [0.15, 0.2) is 5.75 Å². The molecular formula is C20H14F3NO5S. The monoisotopic (exact) mass is 437 g/mol. The van der Waals surface area contributed by atoms with Gasteiger partial charge in [-0.05, 0) is 42.5 Å². The minimum Gasteiger partial charge on any atom is -0.478 e. The minimum atomic E-state index is -4.73. The van der Waals surface area contributed by atoms with Gasteiger partial charge in [0.05, 0.1) is 16.1 Å². The highest BCUT2D eigenvalue weighted by Crippen LogP contribution is 2.38. The smallest absolute Gasteiger partial charge is 0.416 e. The SMILES string of the molecule is O=C(O)c1ccccc1Oc1ccc(C(F)(F)F)cc1NS(=O)(=O)c1ccccc1. The third-order valence-electron chi connectivity index (χ3n) is 3.94. The van der Waals surface area contributed by atoms with Crippen molar-refractivity contribution in [3.05, 3.63) is 83.9 Å². The number of anilines is 1. The molecule has 156 valence electrons. The summed E-state index contributed by atoms with van der Waals surface area (Å²) in [6.07, 6.45) is -4.73. The predicted molar refractivity (Wildman–Crippen MR) is 102 cm³/mol. The van der Waals surface area contributed by atoms with Gasteiger partial charge in [0.1, 0.15) is 11.3 Å². The van der Waals surface area contributed by atoms with Crippen molar-refractivity contribution in [1.82, 2.24) is 0 Å². The third kappa shape index (κ3) is 4.71. The fraction of sp³-hybridized carbons (Fsp3) is 0.0500. The van der Waals surface area contributed by atoms with Crippen LogP contribution in [0, 0.1) is 0 Å². The number of carboxylic acid groups (broad SMARTS) is 1. The molecule has 3 rings (SSSR count). The first-order chi connectivity index (χ1) is 14.1. The Kier molecular flexibility index (Phi) is 5.70. The lowest BCUT2D eigenvalue weighted by Gasteiger charge is -2.17. The van der Waals surface area contributed by atoms with Crippen molar-refractivity contribution in [2.75, 3.05) is 4.72 Å². The molecule has 0 radical (unpaired) electrons. The van der Waals surface area contributed by atoms with Crippen LogP contribution in [0.25, 0.3) is 0 Å². The first kappa shape index (κ1) is 21.2. The van der Waals surface area contributed by atoms with E-state index in [1.165, 1.54) is 48.5 Å². The standard InChI is InChI=1S/C20H14F3NO5S/c21-20(22,23)13-10-11-18(29-17-9-5-4-8-15(17)19(25)26)16(12-13)24-30(27,28)14-6-2-1-3-7-14/h1-12,24H,(H,25,26). The normalized spacial score (nSPS) is 11.7. The molecule has 0 aliphatic carbocycles. The van der Waals surface area contributed by atoms with E-state index in [9.17, 15) is 31.5 Å². The van der Waals surface area contributed by atoms with Crippen LogP contribution in [-0.2, 0) is 16.2 Å². The largest absolute Gasteiger partial charge is 0.478 e. The zero-order valence-electron chi connectivity index (χ0n) is 15.1. The number of carboxylic acids is 1. The van der Waals surface area contributed by atoms with Gasteiger partial charge in [-0.25, -0.2) is 13.2 Å². The maximum atomic E-state index is 13.2.